The van der Waals surface area contributed by atoms with Crippen molar-refractivity contribution < 1.29 is 17.6 Å². The average Bonchev–Trinajstić information content (AvgIpc) is 3.09. The number of aryl methyl sites for hydroxylation is 1. The number of carbonyl (C=O) groups excluding carboxylic acids is 1. The van der Waals surface area contributed by atoms with Crippen molar-refractivity contribution in [2.24, 2.45) is 7.05 Å². The molecule has 1 aliphatic rings. The molecular formula is C18H24FN5O3S. The number of amides is 1. The van der Waals surface area contributed by atoms with Crippen molar-refractivity contribution in [2.45, 2.75) is 18.4 Å². The number of halogens is 1. The predicted molar refractivity (Wildman–Crippen MR) is 103 cm³/mol. The first-order valence-electron chi connectivity index (χ1n) is 9.16. The number of carbonyl (C=O) groups is 1. The van der Waals surface area contributed by atoms with Gasteiger partial charge in [0.25, 0.3) is 15.9 Å². The lowest BCUT2D eigenvalue weighted by molar-refractivity contribution is 0.0950. The van der Waals surface area contributed by atoms with Crippen molar-refractivity contribution in [1.29, 1.82) is 0 Å². The van der Waals surface area contributed by atoms with Crippen molar-refractivity contribution in [1.82, 2.24) is 19.4 Å². The van der Waals surface area contributed by atoms with Gasteiger partial charge >= 0.3 is 0 Å². The van der Waals surface area contributed by atoms with Gasteiger partial charge in [0.2, 0.25) is 5.03 Å². The Morgan fingerprint density at radius 2 is 1.89 bits per heavy atom. The number of nitrogens with one attached hydrogen (secondary N) is 1. The minimum atomic E-state index is -3.94. The number of benzene rings is 1. The van der Waals surface area contributed by atoms with Gasteiger partial charge in [0.05, 0.1) is 11.3 Å². The quantitative estimate of drug-likeness (QED) is 0.775. The van der Waals surface area contributed by atoms with E-state index >= 15 is 0 Å². The Bertz CT molecular complexity index is 952. The van der Waals surface area contributed by atoms with Crippen molar-refractivity contribution in [3.05, 3.63) is 41.8 Å². The molecule has 2 aromatic rings. The molecule has 1 aromatic heterocycles. The maximum Gasteiger partial charge on any atom is 0.263 e. The number of nitrogens with zero attached hydrogens (tertiary/aromatic N) is 4. The van der Waals surface area contributed by atoms with E-state index in [4.69, 9.17) is 0 Å². The van der Waals surface area contributed by atoms with Crippen LogP contribution in [0.25, 0.3) is 0 Å². The summed E-state index contributed by atoms with van der Waals surface area (Å²) in [6.07, 6.45) is 2.15. The van der Waals surface area contributed by atoms with Crippen LogP contribution in [0.3, 0.4) is 0 Å². The topological polar surface area (TPSA) is 87.5 Å². The van der Waals surface area contributed by atoms with E-state index in [1.165, 1.54) is 21.3 Å². The minimum Gasteiger partial charge on any atom is -0.367 e. The van der Waals surface area contributed by atoms with E-state index < -0.39 is 15.9 Å². The average molecular weight is 409 g/mol. The molecule has 28 heavy (non-hydrogen) atoms. The summed E-state index contributed by atoms with van der Waals surface area (Å²) >= 11 is 0. The Labute approximate surface area is 164 Å². The van der Waals surface area contributed by atoms with Gasteiger partial charge in [-0.2, -0.15) is 9.40 Å². The van der Waals surface area contributed by atoms with Gasteiger partial charge in [-0.25, -0.2) is 12.8 Å². The summed E-state index contributed by atoms with van der Waals surface area (Å²) in [7, 11) is -2.36. The Kier molecular flexibility index (Phi) is 5.99. The van der Waals surface area contributed by atoms with Gasteiger partial charge in [-0.05, 0) is 18.6 Å². The summed E-state index contributed by atoms with van der Waals surface area (Å²) in [4.78, 5) is 14.2. The van der Waals surface area contributed by atoms with Gasteiger partial charge in [-0.15, -0.1) is 0 Å². The maximum absolute atomic E-state index is 14.0. The van der Waals surface area contributed by atoms with E-state index in [2.05, 4.69) is 10.4 Å². The van der Waals surface area contributed by atoms with E-state index in [9.17, 15) is 17.6 Å². The molecule has 8 nitrogen and oxygen atoms in total. The normalized spacial score (nSPS) is 15.6. The zero-order valence-electron chi connectivity index (χ0n) is 15.9. The second-order valence-corrected chi connectivity index (χ2v) is 8.47. The zero-order chi connectivity index (χ0) is 20.3. The Morgan fingerprint density at radius 3 is 2.54 bits per heavy atom. The maximum atomic E-state index is 14.0. The first-order valence-corrected chi connectivity index (χ1v) is 10.6. The van der Waals surface area contributed by atoms with E-state index in [0.29, 0.717) is 25.3 Å². The number of hydrogen-bond donors (Lipinski definition) is 1. The van der Waals surface area contributed by atoms with Crippen LogP contribution < -0.4 is 10.2 Å². The molecule has 152 valence electrons. The fraction of sp³-hybridized carbons (Fsp3) is 0.444. The summed E-state index contributed by atoms with van der Waals surface area (Å²) in [5.41, 5.74) is 0.490. The van der Waals surface area contributed by atoms with Crippen LogP contribution >= 0.6 is 0 Å². The molecule has 0 atom stereocenters. The van der Waals surface area contributed by atoms with E-state index in [1.807, 2.05) is 11.8 Å². The molecule has 10 heteroatoms. The molecule has 0 spiro atoms. The Balaban J connectivity index is 1.78. The Hall–Kier alpha value is -2.46. The molecule has 1 aliphatic heterocycles. The van der Waals surface area contributed by atoms with Crippen LogP contribution in [0.1, 0.15) is 23.7 Å². The highest BCUT2D eigenvalue weighted by molar-refractivity contribution is 7.89. The van der Waals surface area contributed by atoms with Gasteiger partial charge in [0.1, 0.15) is 5.82 Å². The third kappa shape index (κ3) is 4.02. The van der Waals surface area contributed by atoms with Crippen molar-refractivity contribution in [2.75, 3.05) is 37.6 Å². The summed E-state index contributed by atoms with van der Waals surface area (Å²) in [6, 6.07) is 6.42. The molecule has 2 heterocycles. The highest BCUT2D eigenvalue weighted by atomic mass is 32.2. The molecule has 0 saturated carbocycles. The summed E-state index contributed by atoms with van der Waals surface area (Å²) < 4.78 is 42.8. The van der Waals surface area contributed by atoms with E-state index in [0.717, 1.165) is 6.42 Å². The molecule has 0 radical (unpaired) electrons. The minimum absolute atomic E-state index is 0.0347. The number of aromatic nitrogens is 2. The molecule has 3 rings (SSSR count). The van der Waals surface area contributed by atoms with Gasteiger partial charge in [-0.1, -0.05) is 19.1 Å². The third-order valence-corrected chi connectivity index (χ3v) is 6.43. The van der Waals surface area contributed by atoms with Crippen LogP contribution in [-0.4, -0.2) is 61.1 Å². The second-order valence-electron chi connectivity index (χ2n) is 6.62. The highest BCUT2D eigenvalue weighted by Crippen LogP contribution is 2.24. The molecule has 1 aromatic carbocycles. The molecule has 1 N–H and O–H groups in total. The number of para-hydroxylation sites is 1. The Morgan fingerprint density at radius 1 is 1.21 bits per heavy atom. The molecule has 1 fully saturated rings. The lowest BCUT2D eigenvalue weighted by Gasteiger charge is -2.35. The predicted octanol–water partition coefficient (Wildman–Crippen LogP) is 1.21. The lowest BCUT2D eigenvalue weighted by Crippen LogP contribution is -2.49. The molecule has 1 saturated heterocycles. The summed E-state index contributed by atoms with van der Waals surface area (Å²) in [5, 5.41) is 6.47. The second kappa shape index (κ2) is 8.27. The number of sulfonamides is 1. The van der Waals surface area contributed by atoms with Crippen molar-refractivity contribution >= 4 is 21.6 Å². The van der Waals surface area contributed by atoms with Crippen LogP contribution in [0.2, 0.25) is 0 Å². The zero-order valence-corrected chi connectivity index (χ0v) is 16.7. The highest BCUT2D eigenvalue weighted by Gasteiger charge is 2.34. The number of anilines is 1. The first-order chi connectivity index (χ1) is 13.3. The SMILES string of the molecule is CCCNC(=O)c1cn(C)nc1S(=O)(=O)N1CCN(c2ccccc2F)CC1. The fourth-order valence-corrected chi connectivity index (χ4v) is 4.69. The molecule has 0 bridgehead atoms. The molecule has 0 unspecified atom stereocenters. The molecule has 1 amide bonds. The first kappa shape index (κ1) is 20.3. The van der Waals surface area contributed by atoms with Crippen LogP contribution in [0, 0.1) is 5.82 Å². The standard InChI is InChI=1S/C18H24FN5O3S/c1-3-8-20-17(25)14-13-22(2)21-18(14)28(26,27)24-11-9-23(10-12-24)16-7-5-4-6-15(16)19/h4-7,13H,3,8-12H2,1-2H3,(H,20,25). The molecule has 0 aliphatic carbocycles. The van der Waals surface area contributed by atoms with Gasteiger partial charge in [0.15, 0.2) is 0 Å². The van der Waals surface area contributed by atoms with Crippen molar-refractivity contribution in [3.8, 4) is 0 Å². The van der Waals surface area contributed by atoms with Crippen LogP contribution in [-0.2, 0) is 17.1 Å². The smallest absolute Gasteiger partial charge is 0.263 e. The van der Waals surface area contributed by atoms with Gasteiger partial charge in [0, 0.05) is 46.0 Å². The van der Waals surface area contributed by atoms with Gasteiger partial charge in [-0.3, -0.25) is 9.48 Å². The van der Waals surface area contributed by atoms with Crippen molar-refractivity contribution in [3.63, 3.8) is 0 Å². The number of hydrogen-bond acceptors (Lipinski definition) is 5. The molecular weight excluding hydrogens is 385 g/mol. The van der Waals surface area contributed by atoms with Crippen LogP contribution in [0.15, 0.2) is 35.5 Å². The third-order valence-electron chi connectivity index (χ3n) is 4.59. The monoisotopic (exact) mass is 409 g/mol. The number of piperazine rings is 1. The van der Waals surface area contributed by atoms with Gasteiger partial charge < -0.3 is 10.2 Å². The van der Waals surface area contributed by atoms with E-state index in [-0.39, 0.29) is 29.5 Å². The fourth-order valence-electron chi connectivity index (χ4n) is 3.15. The van der Waals surface area contributed by atoms with Crippen LogP contribution in [0.5, 0.6) is 0 Å². The summed E-state index contributed by atoms with van der Waals surface area (Å²) in [5.74, 6) is -0.795. The number of rotatable bonds is 6. The van der Waals surface area contributed by atoms with E-state index in [1.54, 1.807) is 25.2 Å². The lowest BCUT2D eigenvalue weighted by atomic mass is 10.2. The van der Waals surface area contributed by atoms with Crippen LogP contribution in [0.4, 0.5) is 10.1 Å². The largest absolute Gasteiger partial charge is 0.367 e. The summed E-state index contributed by atoms with van der Waals surface area (Å²) in [6.45, 7) is 3.44.